The summed E-state index contributed by atoms with van der Waals surface area (Å²) in [5.41, 5.74) is 10.8. The van der Waals surface area contributed by atoms with Crippen LogP contribution < -0.4 is 43.4 Å². The van der Waals surface area contributed by atoms with E-state index >= 15 is 0 Å². The lowest BCUT2D eigenvalue weighted by Crippen LogP contribution is -2.41. The molecule has 0 aromatic heterocycles. The van der Waals surface area contributed by atoms with E-state index in [9.17, 15) is 57.5 Å². The lowest BCUT2D eigenvalue weighted by molar-refractivity contribution is -0.131. The maximum absolute atomic E-state index is 13.0. The Balaban J connectivity index is 0.808. The summed E-state index contributed by atoms with van der Waals surface area (Å²) in [5.74, 6) is -6.57. The quantitative estimate of drug-likeness (QED) is 0.0422. The zero-order chi connectivity index (χ0) is 50.5. The van der Waals surface area contributed by atoms with Crippen molar-refractivity contribution in [2.24, 2.45) is 47.0 Å². The van der Waals surface area contributed by atoms with Gasteiger partial charge in [-0.2, -0.15) is 0 Å². The largest absolute Gasteiger partial charge is 0.355 e. The molecule has 26 nitrogen and oxygen atoms in total. The van der Waals surface area contributed by atoms with Gasteiger partial charge in [-0.1, -0.05) is 0 Å². The summed E-state index contributed by atoms with van der Waals surface area (Å²) in [6.07, 6.45) is 0.148. The van der Waals surface area contributed by atoms with Crippen LogP contribution in [0.15, 0.2) is 0 Å². The van der Waals surface area contributed by atoms with Crippen LogP contribution in [0, 0.1) is 35.5 Å². The molecule has 6 fully saturated rings. The van der Waals surface area contributed by atoms with E-state index in [1.807, 2.05) is 0 Å². The van der Waals surface area contributed by atoms with Gasteiger partial charge in [0.05, 0.1) is 35.5 Å². The van der Waals surface area contributed by atoms with Crippen LogP contribution in [0.25, 0.3) is 0 Å². The van der Waals surface area contributed by atoms with Crippen molar-refractivity contribution in [3.8, 4) is 0 Å². The molecule has 10 N–H and O–H groups in total. The molecule has 0 aromatic carbocycles. The molecule has 26 heteroatoms. The second-order valence-corrected chi connectivity index (χ2v) is 18.8. The molecule has 6 unspecified atom stereocenters. The van der Waals surface area contributed by atoms with Crippen molar-refractivity contribution in [2.75, 3.05) is 131 Å². The number of hydrogen-bond acceptors (Lipinski definition) is 14. The lowest BCUT2D eigenvalue weighted by Gasteiger charge is -2.22. The monoisotopic (exact) mass is 985 g/mol. The van der Waals surface area contributed by atoms with E-state index in [4.69, 9.17) is 11.5 Å². The number of likely N-dealkylation sites (tertiary alicyclic amines) is 6. The molecule has 0 aromatic rings. The highest BCUT2D eigenvalue weighted by Gasteiger charge is 2.40. The molecule has 6 heterocycles. The molecule has 0 saturated carbocycles. The van der Waals surface area contributed by atoms with E-state index < -0.39 is 35.5 Å². The fourth-order valence-electron chi connectivity index (χ4n) is 9.74. The molecule has 0 bridgehead atoms. The molecular weight excluding hydrogens is 917 g/mol. The van der Waals surface area contributed by atoms with Gasteiger partial charge in [0.2, 0.25) is 70.9 Å². The van der Waals surface area contributed by atoms with Crippen LogP contribution in [0.3, 0.4) is 0 Å². The zero-order valence-corrected chi connectivity index (χ0v) is 39.6. The molecule has 6 saturated heterocycles. The zero-order valence-electron chi connectivity index (χ0n) is 39.6. The van der Waals surface area contributed by atoms with Crippen LogP contribution in [0.2, 0.25) is 0 Å². The standard InChI is InChI=1S/C44H68N14O12/c45-1-3-47-39(65)27-15-33(59)53(21-27)9-5-49-41(67)29-17-35(61)55(23-29)11-7-51-43(69)31-19-37(63)57(25-31)13-14-58-26-32(20-38(58)64)44(70)52-8-12-56-24-30(18-36(56)62)42(68)50-6-10-54-22-28(16-34(54)60)40(66)48-4-2-46/h27-32H,1-26,45-46H2,(H,47,65)(H,48,66)(H,49,67)(H,50,68)(H,51,69)(H,52,70). The molecule has 0 spiro atoms. The average Bonchev–Trinajstić information content (AvgIpc) is 4.21. The van der Waals surface area contributed by atoms with Gasteiger partial charge in [-0.05, 0) is 0 Å². The molecule has 6 rings (SSSR count). The molecule has 70 heavy (non-hydrogen) atoms. The summed E-state index contributed by atoms with van der Waals surface area (Å²) >= 11 is 0. The van der Waals surface area contributed by atoms with Gasteiger partial charge < -0.3 is 72.8 Å². The van der Waals surface area contributed by atoms with Crippen LogP contribution in [0.1, 0.15) is 38.5 Å². The van der Waals surface area contributed by atoms with Crippen LogP contribution in [0.5, 0.6) is 0 Å². The Labute approximate surface area is 405 Å². The second kappa shape index (κ2) is 24.9. The average molecular weight is 985 g/mol. The summed E-state index contributed by atoms with van der Waals surface area (Å²) < 4.78 is 0. The molecule has 0 aliphatic carbocycles. The highest BCUT2D eigenvalue weighted by atomic mass is 16.2. The Morgan fingerprint density at radius 1 is 0.314 bits per heavy atom. The molecule has 12 amide bonds. The first-order valence-electron chi connectivity index (χ1n) is 24.3. The lowest BCUT2D eigenvalue weighted by atomic mass is 10.1. The van der Waals surface area contributed by atoms with Crippen molar-refractivity contribution in [1.82, 2.24) is 61.3 Å². The number of amides is 12. The summed E-state index contributed by atoms with van der Waals surface area (Å²) in [6, 6.07) is 0. The second-order valence-electron chi connectivity index (χ2n) is 18.8. The predicted molar refractivity (Wildman–Crippen MR) is 244 cm³/mol. The van der Waals surface area contributed by atoms with Gasteiger partial charge in [0.1, 0.15) is 0 Å². The number of hydrogen-bond donors (Lipinski definition) is 8. The van der Waals surface area contributed by atoms with E-state index in [0.717, 1.165) is 0 Å². The Morgan fingerprint density at radius 2 is 0.486 bits per heavy atom. The molecule has 6 aliphatic heterocycles. The SMILES string of the molecule is NCCNC(=O)C1CC(=O)N(CCNC(=O)C2CC(=O)N(CCNC(=O)C3CC(=O)N(CCN4CC(C(=O)NCCN5CC(C(=O)NCCN6CC(C(=O)NCCN)CC6=O)CC5=O)CC4=O)C3)C2)C1. The molecular formula is C44H68N14O12. The number of nitrogens with two attached hydrogens (primary N) is 2. The first kappa shape index (κ1) is 52.9. The van der Waals surface area contributed by atoms with Crippen molar-refractivity contribution in [2.45, 2.75) is 38.5 Å². The van der Waals surface area contributed by atoms with Gasteiger partial charge in [-0.3, -0.25) is 57.5 Å². The summed E-state index contributed by atoms with van der Waals surface area (Å²) in [7, 11) is 0. The molecule has 386 valence electrons. The molecule has 6 aliphatic rings. The van der Waals surface area contributed by atoms with Gasteiger partial charge in [0.25, 0.3) is 0 Å². The first-order valence-corrected chi connectivity index (χ1v) is 24.3. The minimum Gasteiger partial charge on any atom is -0.355 e. The minimum absolute atomic E-state index is 0.00388. The Hall–Kier alpha value is -6.44. The normalized spacial score (nSPS) is 24.6. The number of carbonyl (C=O) groups excluding carboxylic acids is 12. The third-order valence-electron chi connectivity index (χ3n) is 13.8. The van der Waals surface area contributed by atoms with E-state index in [2.05, 4.69) is 31.9 Å². The third kappa shape index (κ3) is 14.1. The maximum Gasteiger partial charge on any atom is 0.225 e. The summed E-state index contributed by atoms with van der Waals surface area (Å²) in [5, 5.41) is 16.5. The topological polar surface area (TPSA) is 348 Å². The van der Waals surface area contributed by atoms with E-state index in [1.54, 1.807) is 0 Å². The summed E-state index contributed by atoms with van der Waals surface area (Å²) in [4.78, 5) is 161. The van der Waals surface area contributed by atoms with Crippen LogP contribution >= 0.6 is 0 Å². The Bertz CT molecular complexity index is 1900. The number of nitrogens with zero attached hydrogens (tertiary/aromatic N) is 6. The highest BCUT2D eigenvalue weighted by molar-refractivity contribution is 5.93. The van der Waals surface area contributed by atoms with Gasteiger partial charge in [0.15, 0.2) is 0 Å². The molecule has 6 atom stereocenters. The minimum atomic E-state index is -0.637. The Morgan fingerprint density at radius 3 is 0.671 bits per heavy atom. The number of rotatable bonds is 25. The van der Waals surface area contributed by atoms with Crippen LogP contribution in [-0.4, -0.2) is 231 Å². The number of nitrogens with one attached hydrogen (secondary N) is 6. The Kier molecular flexibility index (Phi) is 18.8. The van der Waals surface area contributed by atoms with Crippen LogP contribution in [-0.2, 0) is 57.5 Å². The molecule has 0 radical (unpaired) electrons. The number of carbonyl (C=O) groups is 12. The maximum atomic E-state index is 13.0. The summed E-state index contributed by atoms with van der Waals surface area (Å²) in [6.45, 7) is 4.07. The van der Waals surface area contributed by atoms with Crippen LogP contribution in [0.4, 0.5) is 0 Å². The predicted octanol–water partition coefficient (Wildman–Crippen LogP) is -7.31. The van der Waals surface area contributed by atoms with Gasteiger partial charge >= 0.3 is 0 Å². The first-order chi connectivity index (χ1) is 33.5. The van der Waals surface area contributed by atoms with E-state index in [1.165, 1.54) is 29.4 Å². The van der Waals surface area contributed by atoms with Crippen molar-refractivity contribution < 1.29 is 57.5 Å². The smallest absolute Gasteiger partial charge is 0.225 e. The van der Waals surface area contributed by atoms with Crippen molar-refractivity contribution in [3.63, 3.8) is 0 Å². The van der Waals surface area contributed by atoms with Gasteiger partial charge in [-0.25, -0.2) is 0 Å². The van der Waals surface area contributed by atoms with Gasteiger partial charge in [-0.15, -0.1) is 0 Å². The fourth-order valence-corrected chi connectivity index (χ4v) is 9.74. The third-order valence-corrected chi connectivity index (χ3v) is 13.8. The fraction of sp³-hybridized carbons (Fsp3) is 0.727. The van der Waals surface area contributed by atoms with Crippen molar-refractivity contribution >= 4 is 70.9 Å². The van der Waals surface area contributed by atoms with Crippen molar-refractivity contribution in [1.29, 1.82) is 0 Å². The van der Waals surface area contributed by atoms with Crippen molar-refractivity contribution in [3.05, 3.63) is 0 Å². The van der Waals surface area contributed by atoms with Gasteiger partial charge in [0, 0.05) is 169 Å². The highest BCUT2D eigenvalue weighted by Crippen LogP contribution is 2.23. The van der Waals surface area contributed by atoms with E-state index in [-0.39, 0.29) is 214 Å². The van der Waals surface area contributed by atoms with E-state index in [0.29, 0.717) is 26.2 Å².